The number of amides is 1. The van der Waals surface area contributed by atoms with Crippen LogP contribution in [0, 0.1) is 6.92 Å². The van der Waals surface area contributed by atoms with Gasteiger partial charge in [0, 0.05) is 37.2 Å². The van der Waals surface area contributed by atoms with Crippen LogP contribution in [0.1, 0.15) is 34.5 Å². The van der Waals surface area contributed by atoms with Gasteiger partial charge in [0.15, 0.2) is 0 Å². The first kappa shape index (κ1) is 22.8. The smallest absolute Gasteiger partial charge is 0.255 e. The molecule has 7 heteroatoms. The molecule has 0 unspecified atom stereocenters. The second-order valence-corrected chi connectivity index (χ2v) is 8.87. The number of nitrogens with one attached hydrogen (secondary N) is 1. The first-order valence-corrected chi connectivity index (χ1v) is 12.0. The zero-order valence-corrected chi connectivity index (χ0v) is 20.1. The summed E-state index contributed by atoms with van der Waals surface area (Å²) >= 11 is 0. The Morgan fingerprint density at radius 1 is 1.06 bits per heavy atom. The lowest BCUT2D eigenvalue weighted by Crippen LogP contribution is -2.44. The van der Waals surface area contributed by atoms with Crippen molar-refractivity contribution >= 4 is 17.2 Å². The monoisotopic (exact) mass is 470 g/mol. The number of aryl methyl sites for hydroxylation is 1. The molecule has 0 bridgehead atoms. The summed E-state index contributed by atoms with van der Waals surface area (Å²) in [6.07, 6.45) is 5.71. The van der Waals surface area contributed by atoms with Gasteiger partial charge in [-0.15, -0.1) is 0 Å². The third-order valence-electron chi connectivity index (χ3n) is 6.50. The number of carbonyl (C=O) groups is 1. The molecule has 1 amide bonds. The summed E-state index contributed by atoms with van der Waals surface area (Å²) in [5.74, 6) is 1.32. The molecule has 1 fully saturated rings. The number of methoxy groups -OCH3 is 1. The van der Waals surface area contributed by atoms with Gasteiger partial charge in [-0.25, -0.2) is 4.98 Å². The highest BCUT2D eigenvalue weighted by Crippen LogP contribution is 2.24. The molecule has 180 valence electrons. The van der Waals surface area contributed by atoms with E-state index in [4.69, 9.17) is 9.47 Å². The fourth-order valence-corrected chi connectivity index (χ4v) is 4.54. The Morgan fingerprint density at radius 2 is 1.83 bits per heavy atom. The highest BCUT2D eigenvalue weighted by atomic mass is 16.5. The highest BCUT2D eigenvalue weighted by Gasteiger charge is 2.23. The maximum absolute atomic E-state index is 13.1. The van der Waals surface area contributed by atoms with Crippen LogP contribution < -0.4 is 19.7 Å². The Balaban J connectivity index is 1.19. The van der Waals surface area contributed by atoms with Gasteiger partial charge in [-0.05, 0) is 67.8 Å². The lowest BCUT2D eigenvalue weighted by molar-refractivity contribution is 0.0926. The number of piperidine rings is 1. The molecule has 0 radical (unpaired) electrons. The molecule has 7 nitrogen and oxygen atoms in total. The zero-order chi connectivity index (χ0) is 24.2. The average Bonchev–Trinajstić information content (AvgIpc) is 3.33. The summed E-state index contributed by atoms with van der Waals surface area (Å²) in [6, 6.07) is 19.7. The molecule has 3 heterocycles. The highest BCUT2D eigenvalue weighted by molar-refractivity contribution is 5.97. The van der Waals surface area contributed by atoms with Crippen molar-refractivity contribution in [3.05, 3.63) is 89.9 Å². The van der Waals surface area contributed by atoms with Crippen LogP contribution in [-0.2, 0) is 6.61 Å². The number of hydrogen-bond acceptors (Lipinski definition) is 5. The molecule has 5 rings (SSSR count). The van der Waals surface area contributed by atoms with Gasteiger partial charge in [0.1, 0.15) is 23.8 Å². The number of benzene rings is 2. The van der Waals surface area contributed by atoms with E-state index in [0.29, 0.717) is 17.9 Å². The Kier molecular flexibility index (Phi) is 6.57. The standard InChI is InChI=1S/C28H30N4O3/c1-20-6-5-15-32-18-22(29-27(20)32)19-35-26-8-4-3-7-25(26)28(33)30-21-13-16-31(17-14-21)23-9-11-24(34-2)12-10-23/h3-12,15,18,21H,13-14,16-17,19H2,1-2H3,(H,30,33). The Bertz CT molecular complexity index is 1310. The molecular formula is C28H30N4O3. The lowest BCUT2D eigenvalue weighted by Gasteiger charge is -2.34. The summed E-state index contributed by atoms with van der Waals surface area (Å²) < 4.78 is 13.3. The van der Waals surface area contributed by atoms with Crippen LogP contribution in [0.2, 0.25) is 0 Å². The van der Waals surface area contributed by atoms with E-state index in [1.54, 1.807) is 7.11 Å². The molecule has 2 aromatic heterocycles. The van der Waals surface area contributed by atoms with Crippen LogP contribution in [0.4, 0.5) is 5.69 Å². The molecule has 1 saturated heterocycles. The van der Waals surface area contributed by atoms with Gasteiger partial charge in [-0.3, -0.25) is 4.79 Å². The van der Waals surface area contributed by atoms with Crippen molar-refractivity contribution in [3.8, 4) is 11.5 Å². The summed E-state index contributed by atoms with van der Waals surface area (Å²) in [6.45, 7) is 4.12. The molecule has 0 aliphatic carbocycles. The molecule has 4 aromatic rings. The van der Waals surface area contributed by atoms with Crippen molar-refractivity contribution in [3.63, 3.8) is 0 Å². The summed E-state index contributed by atoms with van der Waals surface area (Å²) in [4.78, 5) is 20.1. The Morgan fingerprint density at radius 3 is 2.57 bits per heavy atom. The third-order valence-corrected chi connectivity index (χ3v) is 6.50. The number of rotatable bonds is 7. The van der Waals surface area contributed by atoms with Crippen molar-refractivity contribution in [2.75, 3.05) is 25.1 Å². The summed E-state index contributed by atoms with van der Waals surface area (Å²) in [5, 5.41) is 3.21. The van der Waals surface area contributed by atoms with Gasteiger partial charge in [0.05, 0.1) is 18.4 Å². The van der Waals surface area contributed by atoms with Crippen molar-refractivity contribution in [2.45, 2.75) is 32.4 Å². The van der Waals surface area contributed by atoms with Crippen molar-refractivity contribution in [2.24, 2.45) is 0 Å². The van der Waals surface area contributed by atoms with Gasteiger partial charge in [-0.1, -0.05) is 18.2 Å². The minimum Gasteiger partial charge on any atom is -0.497 e. The molecule has 0 atom stereocenters. The minimum absolute atomic E-state index is 0.102. The second kappa shape index (κ2) is 10.1. The topological polar surface area (TPSA) is 68.1 Å². The molecule has 0 spiro atoms. The number of carbonyl (C=O) groups excluding carboxylic acids is 1. The minimum atomic E-state index is -0.102. The van der Waals surface area contributed by atoms with Gasteiger partial charge >= 0.3 is 0 Å². The molecular weight excluding hydrogens is 440 g/mol. The van der Waals surface area contributed by atoms with E-state index in [0.717, 1.165) is 48.6 Å². The maximum atomic E-state index is 13.1. The van der Waals surface area contributed by atoms with E-state index in [2.05, 4.69) is 27.3 Å². The van der Waals surface area contributed by atoms with Gasteiger partial charge < -0.3 is 24.1 Å². The number of hydrogen-bond donors (Lipinski definition) is 1. The van der Waals surface area contributed by atoms with E-state index in [1.807, 2.05) is 72.2 Å². The number of pyridine rings is 1. The summed E-state index contributed by atoms with van der Waals surface area (Å²) in [7, 11) is 1.67. The quantitative estimate of drug-likeness (QED) is 0.427. The zero-order valence-electron chi connectivity index (χ0n) is 20.1. The molecule has 0 saturated carbocycles. The maximum Gasteiger partial charge on any atom is 0.255 e. The number of anilines is 1. The van der Waals surface area contributed by atoms with E-state index in [9.17, 15) is 4.79 Å². The van der Waals surface area contributed by atoms with E-state index >= 15 is 0 Å². The van der Waals surface area contributed by atoms with Crippen LogP contribution in [0.5, 0.6) is 11.5 Å². The second-order valence-electron chi connectivity index (χ2n) is 8.87. The molecule has 1 aliphatic heterocycles. The van der Waals surface area contributed by atoms with Gasteiger partial charge in [0.2, 0.25) is 0 Å². The number of fused-ring (bicyclic) bond motifs is 1. The van der Waals surface area contributed by atoms with E-state index in [-0.39, 0.29) is 11.9 Å². The van der Waals surface area contributed by atoms with Crippen LogP contribution in [-0.4, -0.2) is 41.5 Å². The summed E-state index contributed by atoms with van der Waals surface area (Å²) in [5.41, 5.74) is 4.57. The Hall–Kier alpha value is -4.00. The molecule has 1 N–H and O–H groups in total. The third kappa shape index (κ3) is 5.09. The molecule has 2 aromatic carbocycles. The van der Waals surface area contributed by atoms with Crippen LogP contribution in [0.3, 0.4) is 0 Å². The lowest BCUT2D eigenvalue weighted by atomic mass is 10.0. The molecule has 35 heavy (non-hydrogen) atoms. The number of imidazole rings is 1. The van der Waals surface area contributed by atoms with Gasteiger partial charge in [-0.2, -0.15) is 0 Å². The van der Waals surface area contributed by atoms with Crippen LogP contribution in [0.25, 0.3) is 5.65 Å². The first-order chi connectivity index (χ1) is 17.1. The SMILES string of the molecule is COc1ccc(N2CCC(NC(=O)c3ccccc3OCc3cn4cccc(C)c4n3)CC2)cc1. The fourth-order valence-electron chi connectivity index (χ4n) is 4.54. The van der Waals surface area contributed by atoms with Gasteiger partial charge in [0.25, 0.3) is 5.91 Å². The van der Waals surface area contributed by atoms with E-state index in [1.165, 1.54) is 5.69 Å². The van der Waals surface area contributed by atoms with Crippen LogP contribution in [0.15, 0.2) is 73.1 Å². The number of ether oxygens (including phenoxy) is 2. The number of aromatic nitrogens is 2. The van der Waals surface area contributed by atoms with Crippen molar-refractivity contribution < 1.29 is 14.3 Å². The first-order valence-electron chi connectivity index (χ1n) is 12.0. The average molecular weight is 471 g/mol. The molecule has 1 aliphatic rings. The number of nitrogens with zero attached hydrogens (tertiary/aromatic N) is 3. The largest absolute Gasteiger partial charge is 0.497 e. The number of para-hydroxylation sites is 1. The van der Waals surface area contributed by atoms with Crippen LogP contribution >= 0.6 is 0 Å². The normalized spacial score (nSPS) is 14.2. The predicted molar refractivity (Wildman–Crippen MR) is 136 cm³/mol. The van der Waals surface area contributed by atoms with E-state index < -0.39 is 0 Å². The predicted octanol–water partition coefficient (Wildman–Crippen LogP) is 4.63. The van der Waals surface area contributed by atoms with Crippen molar-refractivity contribution in [1.82, 2.24) is 14.7 Å². The van der Waals surface area contributed by atoms with Crippen molar-refractivity contribution in [1.29, 1.82) is 0 Å². The fraction of sp³-hybridized carbons (Fsp3) is 0.286. The Labute approximate surface area is 205 Å².